The van der Waals surface area contributed by atoms with Crippen molar-refractivity contribution in [1.29, 1.82) is 0 Å². The number of carbonyl (C=O) groups excluding carboxylic acids is 3. The average molecular weight is 371 g/mol. The lowest BCUT2D eigenvalue weighted by atomic mass is 9.87. The van der Waals surface area contributed by atoms with Crippen LogP contribution in [-0.4, -0.2) is 29.5 Å². The van der Waals surface area contributed by atoms with Gasteiger partial charge < -0.3 is 10.1 Å². The molecule has 0 radical (unpaired) electrons. The van der Waals surface area contributed by atoms with E-state index in [0.717, 1.165) is 0 Å². The molecule has 3 rings (SSSR count). The summed E-state index contributed by atoms with van der Waals surface area (Å²) in [4.78, 5) is 37.2. The van der Waals surface area contributed by atoms with E-state index in [-0.39, 0.29) is 5.75 Å². The number of para-hydroxylation sites is 1. The highest BCUT2D eigenvalue weighted by atomic mass is 19.1. The van der Waals surface area contributed by atoms with Crippen LogP contribution in [0.25, 0.3) is 0 Å². The smallest absolute Gasteiger partial charge is 0.344 e. The van der Waals surface area contributed by atoms with Crippen molar-refractivity contribution in [2.24, 2.45) is 0 Å². The highest BCUT2D eigenvalue weighted by Crippen LogP contribution is 2.31. The number of halogens is 1. The van der Waals surface area contributed by atoms with Crippen molar-refractivity contribution in [2.45, 2.75) is 18.9 Å². The number of hydrogen-bond donors (Lipinski definition) is 2. The van der Waals surface area contributed by atoms with Crippen LogP contribution in [0.5, 0.6) is 5.75 Å². The Morgan fingerprint density at radius 1 is 1.15 bits per heavy atom. The number of hydrazine groups is 1. The minimum Gasteiger partial charge on any atom is -0.481 e. The van der Waals surface area contributed by atoms with Crippen LogP contribution in [0.15, 0.2) is 54.6 Å². The SMILES string of the molecule is CC[C@@]1(c2ccccc2)NC(=O)N(NC(=O)COc2ccccc2F)C1=O. The summed E-state index contributed by atoms with van der Waals surface area (Å²) in [5.41, 5.74) is 1.58. The van der Waals surface area contributed by atoms with E-state index in [2.05, 4.69) is 10.7 Å². The molecule has 1 saturated heterocycles. The second-order valence-corrected chi connectivity index (χ2v) is 5.95. The van der Waals surface area contributed by atoms with Gasteiger partial charge in [-0.15, -0.1) is 0 Å². The first-order valence-corrected chi connectivity index (χ1v) is 8.37. The van der Waals surface area contributed by atoms with Crippen molar-refractivity contribution in [2.75, 3.05) is 6.61 Å². The van der Waals surface area contributed by atoms with Gasteiger partial charge in [-0.25, -0.2) is 9.18 Å². The molecule has 140 valence electrons. The van der Waals surface area contributed by atoms with Crippen molar-refractivity contribution < 1.29 is 23.5 Å². The number of amides is 4. The fraction of sp³-hybridized carbons (Fsp3) is 0.211. The summed E-state index contributed by atoms with van der Waals surface area (Å²) in [5, 5.41) is 3.27. The predicted octanol–water partition coefficient (Wildman–Crippen LogP) is 2.09. The van der Waals surface area contributed by atoms with E-state index in [9.17, 15) is 18.8 Å². The standard InChI is InChI=1S/C19H18FN3O4/c1-2-19(13-8-4-3-5-9-13)17(25)23(18(26)21-19)22-16(24)12-27-15-11-7-6-10-14(15)20/h3-11H,2,12H2,1H3,(H,21,26)(H,22,24)/t19-/m0/s1. The number of rotatable bonds is 6. The molecule has 1 aliphatic heterocycles. The van der Waals surface area contributed by atoms with E-state index in [4.69, 9.17) is 4.74 Å². The van der Waals surface area contributed by atoms with Crippen LogP contribution in [0, 0.1) is 5.82 Å². The third-order valence-electron chi connectivity index (χ3n) is 4.32. The van der Waals surface area contributed by atoms with Crippen molar-refractivity contribution in [1.82, 2.24) is 15.8 Å². The average Bonchev–Trinajstić information content (AvgIpc) is 2.93. The summed E-state index contributed by atoms with van der Waals surface area (Å²) in [5.74, 6) is -2.08. The Bertz CT molecular complexity index is 874. The van der Waals surface area contributed by atoms with Crippen LogP contribution in [-0.2, 0) is 15.1 Å². The summed E-state index contributed by atoms with van der Waals surface area (Å²) < 4.78 is 18.6. The fourth-order valence-electron chi connectivity index (χ4n) is 2.90. The molecule has 1 aliphatic rings. The number of nitrogens with zero attached hydrogens (tertiary/aromatic N) is 1. The van der Waals surface area contributed by atoms with Gasteiger partial charge >= 0.3 is 6.03 Å². The summed E-state index contributed by atoms with van der Waals surface area (Å²) in [7, 11) is 0. The second kappa shape index (κ2) is 7.45. The minimum absolute atomic E-state index is 0.1000. The van der Waals surface area contributed by atoms with Crippen LogP contribution < -0.4 is 15.5 Å². The van der Waals surface area contributed by atoms with E-state index >= 15 is 0 Å². The van der Waals surface area contributed by atoms with Crippen LogP contribution in [0.2, 0.25) is 0 Å². The van der Waals surface area contributed by atoms with Gasteiger partial charge in [0.2, 0.25) is 0 Å². The highest BCUT2D eigenvalue weighted by Gasteiger charge is 2.52. The Labute approximate surface area is 155 Å². The molecular formula is C19H18FN3O4. The van der Waals surface area contributed by atoms with Gasteiger partial charge in [0.1, 0.15) is 5.54 Å². The molecule has 1 fully saturated rings. The minimum atomic E-state index is -1.25. The maximum absolute atomic E-state index is 13.5. The Morgan fingerprint density at radius 2 is 1.81 bits per heavy atom. The number of benzene rings is 2. The topological polar surface area (TPSA) is 87.7 Å². The van der Waals surface area contributed by atoms with Crippen molar-refractivity contribution in [3.05, 3.63) is 66.0 Å². The Hall–Kier alpha value is -3.42. The van der Waals surface area contributed by atoms with Gasteiger partial charge in [0.15, 0.2) is 18.2 Å². The van der Waals surface area contributed by atoms with E-state index in [1.54, 1.807) is 43.3 Å². The number of urea groups is 1. The third-order valence-corrected chi connectivity index (χ3v) is 4.32. The molecule has 0 aliphatic carbocycles. The van der Waals surface area contributed by atoms with Gasteiger partial charge in [-0.3, -0.25) is 15.0 Å². The molecule has 0 bridgehead atoms. The Morgan fingerprint density at radius 3 is 2.48 bits per heavy atom. The van der Waals surface area contributed by atoms with Crippen LogP contribution in [0.1, 0.15) is 18.9 Å². The van der Waals surface area contributed by atoms with Crippen molar-refractivity contribution in [3.8, 4) is 5.75 Å². The molecule has 0 aromatic heterocycles. The number of nitrogens with one attached hydrogen (secondary N) is 2. The monoisotopic (exact) mass is 371 g/mol. The number of hydrogen-bond acceptors (Lipinski definition) is 4. The molecular weight excluding hydrogens is 353 g/mol. The molecule has 7 nitrogen and oxygen atoms in total. The molecule has 27 heavy (non-hydrogen) atoms. The second-order valence-electron chi connectivity index (χ2n) is 5.95. The van der Waals surface area contributed by atoms with Gasteiger partial charge in [-0.2, -0.15) is 5.01 Å². The summed E-state index contributed by atoms with van der Waals surface area (Å²) in [6, 6.07) is 13.6. The first-order valence-electron chi connectivity index (χ1n) is 8.37. The van der Waals surface area contributed by atoms with Gasteiger partial charge in [-0.1, -0.05) is 49.4 Å². The van der Waals surface area contributed by atoms with Crippen LogP contribution in [0.4, 0.5) is 9.18 Å². The first-order chi connectivity index (χ1) is 13.0. The zero-order chi connectivity index (χ0) is 19.4. The Kier molecular flexibility index (Phi) is 5.07. The van der Waals surface area contributed by atoms with E-state index < -0.39 is 35.8 Å². The van der Waals surface area contributed by atoms with Gasteiger partial charge in [0, 0.05) is 0 Å². The van der Waals surface area contributed by atoms with E-state index in [1.807, 2.05) is 0 Å². The van der Waals surface area contributed by atoms with Crippen LogP contribution >= 0.6 is 0 Å². The molecule has 8 heteroatoms. The van der Waals surface area contributed by atoms with Gasteiger partial charge in [-0.05, 0) is 24.1 Å². The summed E-state index contributed by atoms with van der Waals surface area (Å²) >= 11 is 0. The molecule has 2 aromatic rings. The predicted molar refractivity (Wildman–Crippen MR) is 93.8 cm³/mol. The molecule has 0 saturated carbocycles. The highest BCUT2D eigenvalue weighted by molar-refractivity contribution is 6.08. The summed E-state index contributed by atoms with van der Waals surface area (Å²) in [6.45, 7) is 1.21. The molecule has 1 atom stereocenters. The van der Waals surface area contributed by atoms with E-state index in [0.29, 0.717) is 17.0 Å². The fourth-order valence-corrected chi connectivity index (χ4v) is 2.90. The number of carbonyl (C=O) groups is 3. The van der Waals surface area contributed by atoms with Crippen molar-refractivity contribution in [3.63, 3.8) is 0 Å². The van der Waals surface area contributed by atoms with Crippen LogP contribution in [0.3, 0.4) is 0 Å². The Balaban J connectivity index is 1.70. The number of ether oxygens (including phenoxy) is 1. The molecule has 2 aromatic carbocycles. The maximum Gasteiger partial charge on any atom is 0.344 e. The lowest BCUT2D eigenvalue weighted by Gasteiger charge is -2.25. The lowest BCUT2D eigenvalue weighted by molar-refractivity contribution is -0.140. The zero-order valence-electron chi connectivity index (χ0n) is 14.6. The third kappa shape index (κ3) is 3.46. The molecule has 0 spiro atoms. The summed E-state index contributed by atoms with van der Waals surface area (Å²) in [6.07, 6.45) is 0.305. The normalized spacial score (nSPS) is 19.0. The quantitative estimate of drug-likeness (QED) is 0.761. The molecule has 2 N–H and O–H groups in total. The van der Waals surface area contributed by atoms with E-state index in [1.165, 1.54) is 18.2 Å². The lowest BCUT2D eigenvalue weighted by Crippen LogP contribution is -2.49. The van der Waals surface area contributed by atoms with Crippen molar-refractivity contribution >= 4 is 17.8 Å². The maximum atomic E-state index is 13.5. The molecule has 4 amide bonds. The molecule has 0 unspecified atom stereocenters. The zero-order valence-corrected chi connectivity index (χ0v) is 14.6. The number of imide groups is 1. The van der Waals surface area contributed by atoms with Gasteiger partial charge in [0.05, 0.1) is 0 Å². The largest absolute Gasteiger partial charge is 0.481 e. The molecule has 1 heterocycles. The first kappa shape index (κ1) is 18.4. The van der Waals surface area contributed by atoms with Gasteiger partial charge in [0.25, 0.3) is 11.8 Å².